The second-order valence-corrected chi connectivity index (χ2v) is 3.35. The van der Waals surface area contributed by atoms with Crippen molar-refractivity contribution >= 4 is 0 Å². The predicted octanol–water partition coefficient (Wildman–Crippen LogP) is 2.32. The molecule has 1 heteroatoms. The molecule has 0 radical (unpaired) electrons. The van der Waals surface area contributed by atoms with E-state index in [4.69, 9.17) is 1.37 Å². The molecular weight excluding hydrogens is 148 g/mol. The highest BCUT2D eigenvalue weighted by Gasteiger charge is 2.25. The van der Waals surface area contributed by atoms with Crippen molar-refractivity contribution in [3.05, 3.63) is 35.9 Å². The normalized spacial score (nSPS) is 36.4. The van der Waals surface area contributed by atoms with Crippen LogP contribution < -0.4 is 0 Å². The van der Waals surface area contributed by atoms with Crippen molar-refractivity contribution in [2.45, 2.75) is 31.3 Å². The van der Waals surface area contributed by atoms with Crippen LogP contribution in [0.5, 0.6) is 0 Å². The number of benzene rings is 1. The quantitative estimate of drug-likeness (QED) is 0.673. The lowest BCUT2D eigenvalue weighted by molar-refractivity contribution is 0.164. The van der Waals surface area contributed by atoms with Crippen molar-refractivity contribution in [2.75, 3.05) is 0 Å². The summed E-state index contributed by atoms with van der Waals surface area (Å²) in [6.45, 7) is 0. The Morgan fingerprint density at radius 2 is 2.00 bits per heavy atom. The van der Waals surface area contributed by atoms with Crippen LogP contribution in [0.4, 0.5) is 0 Å². The van der Waals surface area contributed by atoms with E-state index in [0.29, 0.717) is 6.42 Å². The Hall–Kier alpha value is -0.820. The fourth-order valence-corrected chi connectivity index (χ4v) is 1.87. The zero-order valence-corrected chi connectivity index (χ0v) is 7.03. The SMILES string of the molecule is [2H][C@]1(O)CCC[C@H]1c1ccccc1. The number of hydrogen-bond donors (Lipinski definition) is 1. The van der Waals surface area contributed by atoms with Crippen LogP contribution in [0.2, 0.25) is 0 Å². The zero-order valence-electron chi connectivity index (χ0n) is 8.03. The number of hydrogen-bond acceptors (Lipinski definition) is 1. The smallest absolute Gasteiger partial charge is 0.0608 e. The summed E-state index contributed by atoms with van der Waals surface area (Å²) in [4.78, 5) is 0. The molecule has 0 heterocycles. The van der Waals surface area contributed by atoms with Gasteiger partial charge in [0.05, 0.1) is 7.45 Å². The van der Waals surface area contributed by atoms with E-state index in [1.54, 1.807) is 0 Å². The molecule has 2 atom stereocenters. The number of aliphatic hydroxyl groups is 1. The summed E-state index contributed by atoms with van der Waals surface area (Å²) < 4.78 is 7.74. The second-order valence-electron chi connectivity index (χ2n) is 3.35. The van der Waals surface area contributed by atoms with Gasteiger partial charge < -0.3 is 5.11 Å². The van der Waals surface area contributed by atoms with E-state index in [9.17, 15) is 5.11 Å². The molecule has 0 aromatic heterocycles. The predicted molar refractivity (Wildman–Crippen MR) is 49.0 cm³/mol. The molecule has 0 aliphatic heterocycles. The van der Waals surface area contributed by atoms with Gasteiger partial charge in [-0.05, 0) is 18.4 Å². The van der Waals surface area contributed by atoms with Gasteiger partial charge in [-0.3, -0.25) is 0 Å². The van der Waals surface area contributed by atoms with Gasteiger partial charge in [-0.1, -0.05) is 36.8 Å². The molecule has 1 aromatic carbocycles. The molecule has 1 nitrogen and oxygen atoms in total. The standard InChI is InChI=1S/C11H14O/c12-11-8-4-7-10(11)9-5-2-1-3-6-9/h1-3,5-6,10-12H,4,7-8H2/t10-,11-/m0/s1/i11D. The summed E-state index contributed by atoms with van der Waals surface area (Å²) in [5.74, 6) is 0.00806. The molecule has 0 bridgehead atoms. The minimum absolute atomic E-state index is 0.00806. The molecule has 1 aliphatic rings. The Balaban J connectivity index is 2.27. The van der Waals surface area contributed by atoms with E-state index in [1.807, 2.05) is 30.3 Å². The molecular formula is C11H14O. The maximum absolute atomic E-state index is 9.77. The third-order valence-corrected chi connectivity index (χ3v) is 2.53. The maximum atomic E-state index is 9.77. The van der Waals surface area contributed by atoms with Crippen LogP contribution in [0, 0.1) is 0 Å². The Labute approximate surface area is 74.4 Å². The molecule has 1 saturated carbocycles. The van der Waals surface area contributed by atoms with E-state index in [0.717, 1.165) is 18.4 Å². The first-order valence-corrected chi connectivity index (χ1v) is 4.47. The van der Waals surface area contributed by atoms with E-state index in [1.165, 1.54) is 0 Å². The lowest BCUT2D eigenvalue weighted by atomic mass is 9.96. The van der Waals surface area contributed by atoms with Crippen molar-refractivity contribution in [3.63, 3.8) is 0 Å². The van der Waals surface area contributed by atoms with Crippen LogP contribution >= 0.6 is 0 Å². The second kappa shape index (κ2) is 3.28. The van der Waals surface area contributed by atoms with E-state index in [2.05, 4.69) is 0 Å². The molecule has 2 rings (SSSR count). The molecule has 64 valence electrons. The van der Waals surface area contributed by atoms with Gasteiger partial charge in [0.25, 0.3) is 0 Å². The molecule has 0 saturated heterocycles. The Kier molecular flexibility index (Phi) is 1.82. The van der Waals surface area contributed by atoms with E-state index >= 15 is 0 Å². The molecule has 0 amide bonds. The third kappa shape index (κ3) is 1.37. The summed E-state index contributed by atoms with van der Waals surface area (Å²) in [7, 11) is 0. The monoisotopic (exact) mass is 163 g/mol. The van der Waals surface area contributed by atoms with E-state index in [-0.39, 0.29) is 5.92 Å². The fourth-order valence-electron chi connectivity index (χ4n) is 1.87. The first-order chi connectivity index (χ1) is 6.20. The van der Waals surface area contributed by atoms with Crippen LogP contribution in [0.3, 0.4) is 0 Å². The van der Waals surface area contributed by atoms with Crippen molar-refractivity contribution in [1.29, 1.82) is 0 Å². The van der Waals surface area contributed by atoms with Gasteiger partial charge in [-0.2, -0.15) is 0 Å². The Bertz CT molecular complexity index is 281. The van der Waals surface area contributed by atoms with Gasteiger partial charge >= 0.3 is 0 Å². The summed E-state index contributed by atoms with van der Waals surface area (Å²) in [6, 6.07) is 9.87. The van der Waals surface area contributed by atoms with Crippen molar-refractivity contribution in [1.82, 2.24) is 0 Å². The van der Waals surface area contributed by atoms with Crippen LogP contribution in [-0.4, -0.2) is 11.2 Å². The molecule has 12 heavy (non-hydrogen) atoms. The van der Waals surface area contributed by atoms with Crippen LogP contribution in [-0.2, 0) is 0 Å². The van der Waals surface area contributed by atoms with Crippen LogP contribution in [0.25, 0.3) is 0 Å². The Morgan fingerprint density at radius 1 is 1.25 bits per heavy atom. The molecule has 1 fully saturated rings. The van der Waals surface area contributed by atoms with Gasteiger partial charge in [0.1, 0.15) is 0 Å². The fraction of sp³-hybridized carbons (Fsp3) is 0.455. The molecule has 1 N–H and O–H groups in total. The van der Waals surface area contributed by atoms with Gasteiger partial charge in [0.15, 0.2) is 0 Å². The van der Waals surface area contributed by atoms with Crippen LogP contribution in [0.15, 0.2) is 30.3 Å². The highest BCUT2D eigenvalue weighted by Crippen LogP contribution is 2.34. The Morgan fingerprint density at radius 3 is 2.58 bits per heavy atom. The van der Waals surface area contributed by atoms with Gasteiger partial charge in [-0.15, -0.1) is 0 Å². The van der Waals surface area contributed by atoms with E-state index < -0.39 is 6.08 Å². The highest BCUT2D eigenvalue weighted by atomic mass is 16.3. The summed E-state index contributed by atoms with van der Waals surface area (Å²) in [6.07, 6.45) is 1.26. The minimum Gasteiger partial charge on any atom is -0.392 e. The summed E-state index contributed by atoms with van der Waals surface area (Å²) in [5.41, 5.74) is 1.09. The zero-order chi connectivity index (χ0) is 9.31. The van der Waals surface area contributed by atoms with Crippen molar-refractivity contribution < 1.29 is 6.48 Å². The average molecular weight is 163 g/mol. The van der Waals surface area contributed by atoms with Crippen LogP contribution in [0.1, 0.15) is 32.1 Å². The maximum Gasteiger partial charge on any atom is 0.0608 e. The van der Waals surface area contributed by atoms with Gasteiger partial charge in [-0.25, -0.2) is 0 Å². The number of rotatable bonds is 1. The molecule has 0 unspecified atom stereocenters. The van der Waals surface area contributed by atoms with Crippen molar-refractivity contribution in [3.8, 4) is 0 Å². The first kappa shape index (κ1) is 6.67. The largest absolute Gasteiger partial charge is 0.392 e. The third-order valence-electron chi connectivity index (χ3n) is 2.53. The molecule has 1 aliphatic carbocycles. The average Bonchev–Trinajstić information content (AvgIpc) is 2.47. The summed E-state index contributed by atoms with van der Waals surface area (Å²) in [5, 5.41) is 9.77. The lowest BCUT2D eigenvalue weighted by Gasteiger charge is -2.13. The summed E-state index contributed by atoms with van der Waals surface area (Å²) >= 11 is 0. The van der Waals surface area contributed by atoms with Crippen molar-refractivity contribution in [2.24, 2.45) is 0 Å². The van der Waals surface area contributed by atoms with Gasteiger partial charge in [0.2, 0.25) is 0 Å². The van der Waals surface area contributed by atoms with Gasteiger partial charge in [0, 0.05) is 5.92 Å². The highest BCUT2D eigenvalue weighted by molar-refractivity contribution is 5.21. The lowest BCUT2D eigenvalue weighted by Crippen LogP contribution is -2.10. The molecule has 1 aromatic rings. The molecule has 0 spiro atoms. The first-order valence-electron chi connectivity index (χ1n) is 4.97. The topological polar surface area (TPSA) is 20.2 Å². The minimum atomic E-state index is -1.23.